The molecule has 1 saturated heterocycles. The van der Waals surface area contributed by atoms with Crippen molar-refractivity contribution in [3.63, 3.8) is 0 Å². The molecule has 1 aliphatic heterocycles. The highest BCUT2D eigenvalue weighted by Crippen LogP contribution is 2.29. The van der Waals surface area contributed by atoms with Crippen LogP contribution in [0.3, 0.4) is 0 Å². The molecule has 0 bridgehead atoms. The third kappa shape index (κ3) is 4.45. The Balaban J connectivity index is 1.72. The Morgan fingerprint density at radius 2 is 2.00 bits per heavy atom. The van der Waals surface area contributed by atoms with Gasteiger partial charge in [-0.25, -0.2) is 0 Å². The van der Waals surface area contributed by atoms with Gasteiger partial charge < -0.3 is 4.90 Å². The largest absolute Gasteiger partial charge is 0.303 e. The second-order valence-electron chi connectivity index (χ2n) is 6.19. The average Bonchev–Trinajstić information content (AvgIpc) is 3.03. The molecule has 0 unspecified atom stereocenters. The molecule has 1 heterocycles. The van der Waals surface area contributed by atoms with E-state index in [4.69, 9.17) is 0 Å². The first-order chi connectivity index (χ1) is 9.31. The van der Waals surface area contributed by atoms with E-state index in [0.717, 1.165) is 31.4 Å². The topological polar surface area (TPSA) is 20.3 Å². The van der Waals surface area contributed by atoms with Crippen LogP contribution in [0.25, 0.3) is 0 Å². The predicted molar refractivity (Wildman–Crippen MR) is 80.2 cm³/mol. The summed E-state index contributed by atoms with van der Waals surface area (Å²) >= 11 is 0. The molecule has 2 rings (SSSR count). The van der Waals surface area contributed by atoms with Gasteiger partial charge in [-0.05, 0) is 57.2 Å². The molecule has 0 N–H and O–H groups in total. The molecule has 0 aromatic rings. The summed E-state index contributed by atoms with van der Waals surface area (Å²) in [5.41, 5.74) is 1.14. The van der Waals surface area contributed by atoms with Crippen LogP contribution < -0.4 is 0 Å². The summed E-state index contributed by atoms with van der Waals surface area (Å²) in [6.07, 6.45) is 13.3. The molecule has 0 amide bonds. The lowest BCUT2D eigenvalue weighted by molar-refractivity contribution is -0.118. The molecule has 1 aliphatic carbocycles. The number of likely N-dealkylation sites (tertiary alicyclic amines) is 1. The van der Waals surface area contributed by atoms with Gasteiger partial charge in [-0.3, -0.25) is 4.79 Å². The Labute approximate surface area is 118 Å². The second-order valence-corrected chi connectivity index (χ2v) is 6.19. The van der Waals surface area contributed by atoms with E-state index in [-0.39, 0.29) is 0 Å². The molecular weight excluding hydrogens is 234 g/mol. The molecule has 2 nitrogen and oxygen atoms in total. The van der Waals surface area contributed by atoms with Crippen molar-refractivity contribution in [1.29, 1.82) is 0 Å². The van der Waals surface area contributed by atoms with Crippen molar-refractivity contribution in [3.05, 3.63) is 11.6 Å². The number of carbonyl (C=O) groups is 1. The summed E-state index contributed by atoms with van der Waals surface area (Å²) in [7, 11) is 0. The molecule has 0 aromatic heterocycles. The molecule has 0 spiro atoms. The minimum absolute atomic E-state index is 0.306. The molecule has 0 aromatic carbocycles. The van der Waals surface area contributed by atoms with Gasteiger partial charge >= 0.3 is 0 Å². The molecule has 2 fully saturated rings. The minimum Gasteiger partial charge on any atom is -0.303 e. The number of Topliss-reactive ketones (excluding diaryl/α,β-unsaturated/α-hetero) is 1. The highest BCUT2D eigenvalue weighted by atomic mass is 16.1. The van der Waals surface area contributed by atoms with Crippen molar-refractivity contribution in [3.8, 4) is 0 Å². The Morgan fingerprint density at radius 3 is 2.74 bits per heavy atom. The first kappa shape index (κ1) is 14.8. The first-order valence-electron chi connectivity index (χ1n) is 8.27. The van der Waals surface area contributed by atoms with Gasteiger partial charge in [0, 0.05) is 12.5 Å². The van der Waals surface area contributed by atoms with Crippen LogP contribution in [0.4, 0.5) is 0 Å². The number of hydrogen-bond donors (Lipinski definition) is 0. The molecular formula is C17H29NO. The number of carbonyl (C=O) groups excluding carboxylic acids is 1. The normalized spacial score (nSPS) is 26.7. The van der Waals surface area contributed by atoms with E-state index in [1.54, 1.807) is 0 Å². The van der Waals surface area contributed by atoms with Gasteiger partial charge in [-0.2, -0.15) is 0 Å². The summed E-state index contributed by atoms with van der Waals surface area (Å²) in [5.74, 6) is 0.766. The second kappa shape index (κ2) is 7.84. The molecule has 2 heteroatoms. The van der Waals surface area contributed by atoms with Crippen molar-refractivity contribution < 1.29 is 4.79 Å². The summed E-state index contributed by atoms with van der Waals surface area (Å²) in [6, 6.07) is 0. The van der Waals surface area contributed by atoms with Gasteiger partial charge in [0.15, 0.2) is 5.78 Å². The zero-order valence-electron chi connectivity index (χ0n) is 12.5. The van der Waals surface area contributed by atoms with E-state index in [9.17, 15) is 4.79 Å². The molecule has 19 heavy (non-hydrogen) atoms. The number of ketones is 1. The van der Waals surface area contributed by atoms with E-state index in [2.05, 4.69) is 17.9 Å². The fourth-order valence-corrected chi connectivity index (χ4v) is 3.35. The van der Waals surface area contributed by atoms with Gasteiger partial charge in [-0.15, -0.1) is 0 Å². The number of allylic oxidation sites excluding steroid dienone is 2. The summed E-state index contributed by atoms with van der Waals surface area (Å²) < 4.78 is 0. The maximum Gasteiger partial charge on any atom is 0.162 e. The third-order valence-corrected chi connectivity index (χ3v) is 4.58. The van der Waals surface area contributed by atoms with Gasteiger partial charge in [0.1, 0.15) is 0 Å². The van der Waals surface area contributed by atoms with Crippen LogP contribution in [0, 0.1) is 5.92 Å². The number of nitrogens with zero attached hydrogens (tertiary/aromatic N) is 1. The van der Waals surface area contributed by atoms with Crippen LogP contribution in [0.5, 0.6) is 0 Å². The lowest BCUT2D eigenvalue weighted by Gasteiger charge is -2.18. The lowest BCUT2D eigenvalue weighted by Crippen LogP contribution is -2.28. The zero-order chi connectivity index (χ0) is 13.5. The molecule has 1 atom stereocenters. The summed E-state index contributed by atoms with van der Waals surface area (Å²) in [5, 5.41) is 0. The van der Waals surface area contributed by atoms with Crippen LogP contribution in [-0.4, -0.2) is 30.3 Å². The van der Waals surface area contributed by atoms with Crippen molar-refractivity contribution in [2.75, 3.05) is 19.6 Å². The Bertz CT molecular complexity index is 315. The molecule has 1 saturated carbocycles. The smallest absolute Gasteiger partial charge is 0.162 e. The quantitative estimate of drug-likeness (QED) is 0.512. The average molecular weight is 263 g/mol. The lowest BCUT2D eigenvalue weighted by atomic mass is 10.0. The molecule has 0 radical (unpaired) electrons. The van der Waals surface area contributed by atoms with Crippen molar-refractivity contribution in [2.24, 2.45) is 5.92 Å². The van der Waals surface area contributed by atoms with Crippen LogP contribution in [0.2, 0.25) is 0 Å². The Morgan fingerprint density at radius 1 is 1.21 bits per heavy atom. The maximum absolute atomic E-state index is 12.3. The van der Waals surface area contributed by atoms with E-state index in [1.807, 2.05) is 0 Å². The molecule has 108 valence electrons. The predicted octanol–water partition coefficient (Wildman–Crippen LogP) is 3.96. The Hall–Kier alpha value is -0.630. The highest BCUT2D eigenvalue weighted by Gasteiger charge is 2.30. The van der Waals surface area contributed by atoms with E-state index < -0.39 is 0 Å². The van der Waals surface area contributed by atoms with Crippen molar-refractivity contribution in [1.82, 2.24) is 4.90 Å². The molecule has 2 aliphatic rings. The van der Waals surface area contributed by atoms with Gasteiger partial charge in [0.2, 0.25) is 0 Å². The third-order valence-electron chi connectivity index (χ3n) is 4.58. The number of hydrogen-bond acceptors (Lipinski definition) is 2. The standard InChI is InChI=1S/C17H29NO/c1-2-3-4-5-6-9-15-10-11-16(17(15)19)14-18-12-7-8-13-18/h9,16H,2-8,10-14H2,1H3/b15-9-/t16-/m0/s1. The van der Waals surface area contributed by atoms with Crippen LogP contribution in [-0.2, 0) is 4.79 Å². The van der Waals surface area contributed by atoms with Gasteiger partial charge in [0.05, 0.1) is 0 Å². The fourth-order valence-electron chi connectivity index (χ4n) is 3.35. The SMILES string of the molecule is CCCCCC/C=C1/CC[C@@H](CN2CCCC2)C1=O. The van der Waals surface area contributed by atoms with Crippen LogP contribution in [0.1, 0.15) is 64.7 Å². The van der Waals surface area contributed by atoms with Crippen molar-refractivity contribution in [2.45, 2.75) is 64.7 Å². The minimum atomic E-state index is 0.306. The highest BCUT2D eigenvalue weighted by molar-refractivity contribution is 5.99. The number of unbranched alkanes of at least 4 members (excludes halogenated alkanes) is 4. The zero-order valence-corrected chi connectivity index (χ0v) is 12.5. The van der Waals surface area contributed by atoms with Crippen molar-refractivity contribution >= 4 is 5.78 Å². The maximum atomic E-state index is 12.3. The fraction of sp³-hybridized carbons (Fsp3) is 0.824. The van der Waals surface area contributed by atoms with Gasteiger partial charge in [-0.1, -0.05) is 32.3 Å². The Kier molecular flexibility index (Phi) is 6.09. The van der Waals surface area contributed by atoms with Crippen LogP contribution in [0.15, 0.2) is 11.6 Å². The van der Waals surface area contributed by atoms with E-state index in [0.29, 0.717) is 11.7 Å². The number of rotatable bonds is 7. The first-order valence-corrected chi connectivity index (χ1v) is 8.27. The summed E-state index contributed by atoms with van der Waals surface area (Å²) in [6.45, 7) is 5.67. The monoisotopic (exact) mass is 263 g/mol. The van der Waals surface area contributed by atoms with Crippen LogP contribution >= 0.6 is 0 Å². The van der Waals surface area contributed by atoms with E-state index >= 15 is 0 Å². The van der Waals surface area contributed by atoms with E-state index in [1.165, 1.54) is 51.6 Å². The summed E-state index contributed by atoms with van der Waals surface area (Å²) in [4.78, 5) is 14.8. The van der Waals surface area contributed by atoms with Gasteiger partial charge in [0.25, 0.3) is 0 Å².